The van der Waals surface area contributed by atoms with E-state index in [0.717, 1.165) is 41.3 Å². The van der Waals surface area contributed by atoms with E-state index in [4.69, 9.17) is 4.42 Å². The van der Waals surface area contributed by atoms with Gasteiger partial charge in [-0.2, -0.15) is 0 Å². The number of halogens is 1. The third-order valence-electron chi connectivity index (χ3n) is 5.91. The van der Waals surface area contributed by atoms with Crippen LogP contribution >= 0.6 is 0 Å². The molecule has 0 bridgehead atoms. The minimum absolute atomic E-state index is 0.281. The van der Waals surface area contributed by atoms with Crippen molar-refractivity contribution in [2.24, 2.45) is 5.41 Å². The molecule has 0 radical (unpaired) electrons. The van der Waals surface area contributed by atoms with Crippen LogP contribution in [0.2, 0.25) is 0 Å². The summed E-state index contributed by atoms with van der Waals surface area (Å²) >= 11 is 0. The molecule has 0 atom stereocenters. The third kappa shape index (κ3) is 4.54. The van der Waals surface area contributed by atoms with E-state index < -0.39 is 0 Å². The van der Waals surface area contributed by atoms with E-state index in [2.05, 4.69) is 38.7 Å². The standard InChI is InChI=1S/C27H25FO2/c1-18-12-13-27(2,3)17-23(18)15-22-14-21-8-11-26(29)30-25(21)16-20(22)7-4-19-5-9-24(28)10-6-19/h5-6,8-11,14,16H,12-13,15,17H2,1-3H3. The summed E-state index contributed by atoms with van der Waals surface area (Å²) in [6, 6.07) is 13.3. The molecule has 0 aliphatic heterocycles. The van der Waals surface area contributed by atoms with Gasteiger partial charge in [-0.25, -0.2) is 9.18 Å². The van der Waals surface area contributed by atoms with Gasteiger partial charge in [0.1, 0.15) is 11.4 Å². The first-order valence-electron chi connectivity index (χ1n) is 10.3. The van der Waals surface area contributed by atoms with E-state index in [-0.39, 0.29) is 11.4 Å². The summed E-state index contributed by atoms with van der Waals surface area (Å²) in [6.45, 7) is 6.88. The van der Waals surface area contributed by atoms with Gasteiger partial charge < -0.3 is 4.42 Å². The Morgan fingerprint density at radius 1 is 1.07 bits per heavy atom. The first-order valence-corrected chi connectivity index (χ1v) is 10.3. The maximum atomic E-state index is 13.2. The minimum atomic E-state index is -0.375. The van der Waals surface area contributed by atoms with Crippen molar-refractivity contribution in [3.05, 3.63) is 92.6 Å². The highest BCUT2D eigenvalue weighted by molar-refractivity contribution is 5.79. The van der Waals surface area contributed by atoms with Crippen LogP contribution in [0.3, 0.4) is 0 Å². The Kier molecular flexibility index (Phi) is 5.35. The Hall–Kier alpha value is -3.12. The Morgan fingerprint density at radius 2 is 1.83 bits per heavy atom. The SMILES string of the molecule is CC1=C(Cc2cc3ccc(=O)oc3cc2C#Cc2ccc(F)cc2)CC(C)(C)CC1. The average Bonchev–Trinajstić information content (AvgIpc) is 2.70. The van der Waals surface area contributed by atoms with Gasteiger partial charge in [-0.15, -0.1) is 0 Å². The molecule has 0 spiro atoms. The maximum absolute atomic E-state index is 13.2. The van der Waals surface area contributed by atoms with Crippen molar-refractivity contribution in [1.29, 1.82) is 0 Å². The summed E-state index contributed by atoms with van der Waals surface area (Å²) in [4.78, 5) is 11.7. The van der Waals surface area contributed by atoms with Crippen molar-refractivity contribution in [1.82, 2.24) is 0 Å². The van der Waals surface area contributed by atoms with Crippen LogP contribution in [0.15, 0.2) is 68.9 Å². The normalized spacial score (nSPS) is 15.7. The van der Waals surface area contributed by atoms with Crippen molar-refractivity contribution in [3.63, 3.8) is 0 Å². The highest BCUT2D eigenvalue weighted by Crippen LogP contribution is 2.40. The highest BCUT2D eigenvalue weighted by atomic mass is 19.1. The lowest BCUT2D eigenvalue weighted by Crippen LogP contribution is -2.19. The molecule has 1 heterocycles. The number of fused-ring (bicyclic) bond motifs is 1. The second-order valence-electron chi connectivity index (χ2n) is 8.96. The van der Waals surface area contributed by atoms with E-state index in [0.29, 0.717) is 11.0 Å². The van der Waals surface area contributed by atoms with Crippen LogP contribution in [0.25, 0.3) is 11.0 Å². The number of hydrogen-bond donors (Lipinski definition) is 0. The minimum Gasteiger partial charge on any atom is -0.423 e. The molecule has 2 nitrogen and oxygen atoms in total. The smallest absolute Gasteiger partial charge is 0.336 e. The Bertz CT molecular complexity index is 1250. The molecule has 1 aliphatic carbocycles. The predicted octanol–water partition coefficient (Wildman–Crippen LogP) is 6.40. The van der Waals surface area contributed by atoms with E-state index >= 15 is 0 Å². The highest BCUT2D eigenvalue weighted by Gasteiger charge is 2.25. The summed E-state index contributed by atoms with van der Waals surface area (Å²) in [5, 5.41) is 0.894. The third-order valence-corrected chi connectivity index (χ3v) is 5.91. The summed E-state index contributed by atoms with van der Waals surface area (Å²) in [5.74, 6) is 6.07. The zero-order valence-corrected chi connectivity index (χ0v) is 17.6. The summed E-state index contributed by atoms with van der Waals surface area (Å²) in [6.07, 6.45) is 4.24. The molecule has 0 amide bonds. The second-order valence-corrected chi connectivity index (χ2v) is 8.96. The fourth-order valence-electron chi connectivity index (χ4n) is 4.06. The van der Waals surface area contributed by atoms with Gasteiger partial charge in [-0.3, -0.25) is 0 Å². The van der Waals surface area contributed by atoms with Crippen molar-refractivity contribution < 1.29 is 8.81 Å². The molecule has 0 N–H and O–H groups in total. The van der Waals surface area contributed by atoms with Gasteiger partial charge in [0.05, 0.1) is 0 Å². The number of hydrogen-bond acceptors (Lipinski definition) is 2. The van der Waals surface area contributed by atoms with E-state index in [1.807, 2.05) is 6.07 Å². The fourth-order valence-corrected chi connectivity index (χ4v) is 4.06. The van der Waals surface area contributed by atoms with Crippen molar-refractivity contribution in [2.45, 2.75) is 46.5 Å². The molecular weight excluding hydrogens is 375 g/mol. The zero-order valence-electron chi connectivity index (χ0n) is 17.6. The van der Waals surface area contributed by atoms with Gasteiger partial charge in [0, 0.05) is 22.6 Å². The van der Waals surface area contributed by atoms with Gasteiger partial charge in [0.15, 0.2) is 0 Å². The molecule has 2 aromatic carbocycles. The molecule has 1 aromatic heterocycles. The molecular formula is C27H25FO2. The van der Waals surface area contributed by atoms with Crippen LogP contribution in [-0.2, 0) is 6.42 Å². The van der Waals surface area contributed by atoms with Gasteiger partial charge in [0.25, 0.3) is 0 Å². The Morgan fingerprint density at radius 3 is 2.60 bits per heavy atom. The van der Waals surface area contributed by atoms with E-state index in [1.54, 1.807) is 18.2 Å². The van der Waals surface area contributed by atoms with Gasteiger partial charge in [0.2, 0.25) is 0 Å². The molecule has 3 heteroatoms. The van der Waals surface area contributed by atoms with Crippen molar-refractivity contribution >= 4 is 11.0 Å². The topological polar surface area (TPSA) is 30.2 Å². The van der Waals surface area contributed by atoms with Crippen LogP contribution < -0.4 is 5.63 Å². The van der Waals surface area contributed by atoms with Crippen LogP contribution in [0.4, 0.5) is 4.39 Å². The predicted molar refractivity (Wildman–Crippen MR) is 119 cm³/mol. The average molecular weight is 400 g/mol. The number of allylic oxidation sites excluding steroid dienone is 2. The lowest BCUT2D eigenvalue weighted by Gasteiger charge is -2.32. The molecule has 152 valence electrons. The molecule has 30 heavy (non-hydrogen) atoms. The van der Waals surface area contributed by atoms with Gasteiger partial charge in [-0.05, 0) is 86.1 Å². The lowest BCUT2D eigenvalue weighted by atomic mass is 9.73. The second kappa shape index (κ2) is 7.95. The van der Waals surface area contributed by atoms with Gasteiger partial charge >= 0.3 is 5.63 Å². The largest absolute Gasteiger partial charge is 0.423 e. The quantitative estimate of drug-likeness (QED) is 0.283. The first-order chi connectivity index (χ1) is 14.3. The molecule has 1 aliphatic rings. The molecule has 0 fully saturated rings. The van der Waals surface area contributed by atoms with Crippen LogP contribution in [0.1, 0.15) is 56.7 Å². The summed E-state index contributed by atoms with van der Waals surface area (Å²) in [7, 11) is 0. The number of rotatable bonds is 2. The molecule has 3 aromatic rings. The lowest BCUT2D eigenvalue weighted by molar-refractivity contribution is 0.311. The molecule has 4 rings (SSSR count). The Balaban J connectivity index is 1.79. The summed E-state index contributed by atoms with van der Waals surface area (Å²) in [5.41, 5.74) is 6.09. The van der Waals surface area contributed by atoms with E-state index in [9.17, 15) is 9.18 Å². The molecule has 0 saturated heterocycles. The number of benzene rings is 2. The monoisotopic (exact) mass is 400 g/mol. The van der Waals surface area contributed by atoms with Crippen molar-refractivity contribution in [2.75, 3.05) is 0 Å². The molecule has 0 unspecified atom stereocenters. The Labute approximate surface area is 176 Å². The van der Waals surface area contributed by atoms with Crippen LogP contribution in [0, 0.1) is 23.1 Å². The van der Waals surface area contributed by atoms with E-state index in [1.165, 1.54) is 35.8 Å². The summed E-state index contributed by atoms with van der Waals surface area (Å²) < 4.78 is 18.6. The first kappa shape index (κ1) is 20.2. The zero-order chi connectivity index (χ0) is 21.3. The van der Waals surface area contributed by atoms with Crippen molar-refractivity contribution in [3.8, 4) is 11.8 Å². The van der Waals surface area contributed by atoms with Crippen LogP contribution in [-0.4, -0.2) is 0 Å². The van der Waals surface area contributed by atoms with Crippen LogP contribution in [0.5, 0.6) is 0 Å². The van der Waals surface area contributed by atoms with Gasteiger partial charge in [-0.1, -0.05) is 36.8 Å². The maximum Gasteiger partial charge on any atom is 0.336 e. The molecule has 0 saturated carbocycles. The fraction of sp³-hybridized carbons (Fsp3) is 0.296.